The van der Waals surface area contributed by atoms with Gasteiger partial charge in [-0.2, -0.15) is 0 Å². The third kappa shape index (κ3) is 2.99. The average Bonchev–Trinajstić information content (AvgIpc) is 2.95. The van der Waals surface area contributed by atoms with Gasteiger partial charge in [-0.3, -0.25) is 9.36 Å². The predicted molar refractivity (Wildman–Crippen MR) is 93.6 cm³/mol. The Morgan fingerprint density at radius 2 is 1.96 bits per heavy atom. The summed E-state index contributed by atoms with van der Waals surface area (Å²) in [6, 6.07) is 10.7. The van der Waals surface area contributed by atoms with Crippen LogP contribution in [0.4, 0.5) is 4.39 Å². The first-order chi connectivity index (χ1) is 11.5. The molecule has 1 aromatic heterocycles. The number of carbonyl (C=O) groups is 1. The Hall–Kier alpha value is -2.05. The van der Waals surface area contributed by atoms with Gasteiger partial charge in [-0.05, 0) is 37.3 Å². The molecule has 122 valence electrons. The summed E-state index contributed by atoms with van der Waals surface area (Å²) >= 11 is 9.47. The van der Waals surface area contributed by atoms with Gasteiger partial charge in [0.1, 0.15) is 17.5 Å². The van der Waals surface area contributed by atoms with Gasteiger partial charge in [-0.25, -0.2) is 4.39 Å². The summed E-state index contributed by atoms with van der Waals surface area (Å²) in [6.45, 7) is 1.77. The summed E-state index contributed by atoms with van der Waals surface area (Å²) < 4.78 is 15.5. The molecule has 0 radical (unpaired) electrons. The molecule has 0 atom stereocenters. The standard InChI is InChI=1S/C17H12BrClFN3O/c1-10-21-22-16(9-18)23(10)15-7-6-11(20)8-13(15)17(24)12-4-2-3-5-14(12)19/h2-8H,9H2,1H3. The van der Waals surface area contributed by atoms with Gasteiger partial charge in [-0.15, -0.1) is 10.2 Å². The zero-order valence-corrected chi connectivity index (χ0v) is 15.0. The third-order valence-corrected chi connectivity index (χ3v) is 4.41. The minimum absolute atomic E-state index is 0.202. The van der Waals surface area contributed by atoms with Crippen molar-refractivity contribution in [3.63, 3.8) is 0 Å². The van der Waals surface area contributed by atoms with Crippen molar-refractivity contribution in [2.45, 2.75) is 12.3 Å². The third-order valence-electron chi connectivity index (χ3n) is 3.57. The molecular formula is C17H12BrClFN3O. The number of aryl methyl sites for hydroxylation is 1. The molecule has 24 heavy (non-hydrogen) atoms. The van der Waals surface area contributed by atoms with Crippen LogP contribution in [-0.4, -0.2) is 20.5 Å². The Bertz CT molecular complexity index is 926. The zero-order valence-electron chi connectivity index (χ0n) is 12.6. The van der Waals surface area contributed by atoms with E-state index < -0.39 is 5.82 Å². The van der Waals surface area contributed by atoms with Crippen molar-refractivity contribution >= 4 is 33.3 Å². The van der Waals surface area contributed by atoms with E-state index in [4.69, 9.17) is 11.6 Å². The first-order valence-corrected chi connectivity index (χ1v) is 8.59. The summed E-state index contributed by atoms with van der Waals surface area (Å²) in [5, 5.41) is 8.86. The van der Waals surface area contributed by atoms with E-state index in [1.807, 2.05) is 0 Å². The quantitative estimate of drug-likeness (QED) is 0.472. The molecule has 4 nitrogen and oxygen atoms in total. The van der Waals surface area contributed by atoms with Gasteiger partial charge >= 0.3 is 0 Å². The minimum atomic E-state index is -0.500. The summed E-state index contributed by atoms with van der Waals surface area (Å²) in [5.41, 5.74) is 1.03. The van der Waals surface area contributed by atoms with E-state index in [0.29, 0.717) is 33.3 Å². The molecule has 3 aromatic rings. The summed E-state index contributed by atoms with van der Waals surface area (Å²) in [6.07, 6.45) is 0. The number of alkyl halides is 1. The Morgan fingerprint density at radius 1 is 1.21 bits per heavy atom. The van der Waals surface area contributed by atoms with E-state index in [2.05, 4.69) is 26.1 Å². The Kier molecular flexibility index (Phi) is 4.78. The highest BCUT2D eigenvalue weighted by atomic mass is 79.9. The molecule has 0 unspecified atom stereocenters. The molecule has 7 heteroatoms. The van der Waals surface area contributed by atoms with Gasteiger partial charge in [0.05, 0.1) is 16.0 Å². The monoisotopic (exact) mass is 407 g/mol. The first kappa shape index (κ1) is 16.8. The molecule has 0 saturated heterocycles. The molecular weight excluding hydrogens is 397 g/mol. The lowest BCUT2D eigenvalue weighted by molar-refractivity contribution is 0.103. The lowest BCUT2D eigenvalue weighted by Crippen LogP contribution is -2.11. The fourth-order valence-electron chi connectivity index (χ4n) is 2.48. The number of ketones is 1. The smallest absolute Gasteiger partial charge is 0.196 e. The fraction of sp³-hybridized carbons (Fsp3) is 0.118. The van der Waals surface area contributed by atoms with E-state index in [0.717, 1.165) is 0 Å². The van der Waals surface area contributed by atoms with E-state index in [1.54, 1.807) is 41.8 Å². The zero-order chi connectivity index (χ0) is 17.3. The van der Waals surface area contributed by atoms with E-state index in [-0.39, 0.29) is 11.3 Å². The van der Waals surface area contributed by atoms with Crippen molar-refractivity contribution in [1.82, 2.24) is 14.8 Å². The van der Waals surface area contributed by atoms with Gasteiger partial charge in [0.2, 0.25) is 0 Å². The molecule has 2 aromatic carbocycles. The number of carbonyl (C=O) groups excluding carboxylic acids is 1. The van der Waals surface area contributed by atoms with Crippen LogP contribution in [0.1, 0.15) is 27.6 Å². The van der Waals surface area contributed by atoms with Crippen LogP contribution in [0.25, 0.3) is 5.69 Å². The normalized spacial score (nSPS) is 10.8. The van der Waals surface area contributed by atoms with Crippen LogP contribution in [-0.2, 0) is 5.33 Å². The number of hydrogen-bond acceptors (Lipinski definition) is 3. The van der Waals surface area contributed by atoms with E-state index in [1.165, 1.54) is 12.1 Å². The van der Waals surface area contributed by atoms with Crippen LogP contribution in [0.5, 0.6) is 0 Å². The van der Waals surface area contributed by atoms with Crippen molar-refractivity contribution in [2.75, 3.05) is 0 Å². The summed E-state index contributed by atoms with van der Waals surface area (Å²) in [4.78, 5) is 12.9. The summed E-state index contributed by atoms with van der Waals surface area (Å²) in [7, 11) is 0. The lowest BCUT2D eigenvalue weighted by Gasteiger charge is -2.13. The molecule has 0 saturated carbocycles. The molecule has 1 heterocycles. The van der Waals surface area contributed by atoms with Crippen molar-refractivity contribution < 1.29 is 9.18 Å². The van der Waals surface area contributed by atoms with Gasteiger partial charge in [0.25, 0.3) is 0 Å². The molecule has 3 rings (SSSR count). The van der Waals surface area contributed by atoms with Crippen LogP contribution in [0, 0.1) is 12.7 Å². The highest BCUT2D eigenvalue weighted by Gasteiger charge is 2.21. The van der Waals surface area contributed by atoms with Gasteiger partial charge in [0.15, 0.2) is 5.78 Å². The van der Waals surface area contributed by atoms with Crippen LogP contribution < -0.4 is 0 Å². The minimum Gasteiger partial charge on any atom is -0.288 e. The van der Waals surface area contributed by atoms with Crippen molar-refractivity contribution in [1.29, 1.82) is 0 Å². The highest BCUT2D eigenvalue weighted by Crippen LogP contribution is 2.26. The van der Waals surface area contributed by atoms with Gasteiger partial charge in [0, 0.05) is 11.1 Å². The number of aromatic nitrogens is 3. The average molecular weight is 409 g/mol. The Labute approximate surface area is 151 Å². The molecule has 0 bridgehead atoms. The van der Waals surface area contributed by atoms with Crippen LogP contribution in [0.2, 0.25) is 5.02 Å². The van der Waals surface area contributed by atoms with Gasteiger partial charge in [-0.1, -0.05) is 39.7 Å². The first-order valence-electron chi connectivity index (χ1n) is 7.09. The van der Waals surface area contributed by atoms with E-state index >= 15 is 0 Å². The molecule has 0 aliphatic heterocycles. The van der Waals surface area contributed by atoms with Crippen molar-refractivity contribution in [3.8, 4) is 5.69 Å². The molecule has 0 N–H and O–H groups in total. The number of rotatable bonds is 4. The predicted octanol–water partition coefficient (Wildman–Crippen LogP) is 4.49. The number of benzene rings is 2. The van der Waals surface area contributed by atoms with Gasteiger partial charge < -0.3 is 0 Å². The maximum absolute atomic E-state index is 13.8. The van der Waals surface area contributed by atoms with Crippen LogP contribution in [0.3, 0.4) is 0 Å². The maximum Gasteiger partial charge on any atom is 0.196 e. The highest BCUT2D eigenvalue weighted by molar-refractivity contribution is 9.08. The number of hydrogen-bond donors (Lipinski definition) is 0. The maximum atomic E-state index is 13.8. The molecule has 0 fully saturated rings. The van der Waals surface area contributed by atoms with Crippen molar-refractivity contribution in [3.05, 3.63) is 76.1 Å². The number of nitrogens with zero attached hydrogens (tertiary/aromatic N) is 3. The second-order valence-corrected chi connectivity index (χ2v) is 6.07. The fourth-order valence-corrected chi connectivity index (χ4v) is 3.07. The molecule has 0 amide bonds. The second-order valence-electron chi connectivity index (χ2n) is 5.10. The second kappa shape index (κ2) is 6.83. The topological polar surface area (TPSA) is 47.8 Å². The largest absolute Gasteiger partial charge is 0.288 e. The van der Waals surface area contributed by atoms with Crippen LogP contribution >= 0.6 is 27.5 Å². The Balaban J connectivity index is 2.22. The number of halogens is 3. The van der Waals surface area contributed by atoms with E-state index in [9.17, 15) is 9.18 Å². The molecule has 0 aliphatic rings. The Morgan fingerprint density at radius 3 is 2.67 bits per heavy atom. The van der Waals surface area contributed by atoms with Crippen LogP contribution in [0.15, 0.2) is 42.5 Å². The lowest BCUT2D eigenvalue weighted by atomic mass is 10.0. The molecule has 0 spiro atoms. The summed E-state index contributed by atoms with van der Waals surface area (Å²) in [5.74, 6) is 0.362. The molecule has 0 aliphatic carbocycles. The van der Waals surface area contributed by atoms with Crippen molar-refractivity contribution in [2.24, 2.45) is 0 Å². The SMILES string of the molecule is Cc1nnc(CBr)n1-c1ccc(F)cc1C(=O)c1ccccc1Cl.